The SMILES string of the molecule is CCCCC(=O)NCCc1csc(-n2nc(C)cc2C)n1. The molecule has 1 amide bonds. The van der Waals surface area contributed by atoms with Gasteiger partial charge in [-0.05, 0) is 26.3 Å². The van der Waals surface area contributed by atoms with Gasteiger partial charge in [-0.25, -0.2) is 9.67 Å². The van der Waals surface area contributed by atoms with Gasteiger partial charge in [0.25, 0.3) is 0 Å². The third-order valence-corrected chi connectivity index (χ3v) is 4.06. The monoisotopic (exact) mass is 306 g/mol. The standard InChI is InChI=1S/C15H22N4OS/c1-4-5-6-14(20)16-8-7-13-10-21-15(17-13)19-12(3)9-11(2)18-19/h9-10H,4-8H2,1-3H3,(H,16,20). The molecule has 5 nitrogen and oxygen atoms in total. The third kappa shape index (κ3) is 4.39. The van der Waals surface area contributed by atoms with Crippen molar-refractivity contribution in [3.8, 4) is 5.13 Å². The van der Waals surface area contributed by atoms with Crippen LogP contribution < -0.4 is 5.32 Å². The lowest BCUT2D eigenvalue weighted by Gasteiger charge is -2.03. The first-order valence-electron chi connectivity index (χ1n) is 7.35. The fraction of sp³-hybridized carbons (Fsp3) is 0.533. The van der Waals surface area contributed by atoms with Gasteiger partial charge in [-0.15, -0.1) is 11.3 Å². The van der Waals surface area contributed by atoms with Crippen molar-refractivity contribution in [2.24, 2.45) is 0 Å². The molecule has 0 spiro atoms. The smallest absolute Gasteiger partial charge is 0.220 e. The van der Waals surface area contributed by atoms with Gasteiger partial charge in [-0.3, -0.25) is 4.79 Å². The van der Waals surface area contributed by atoms with E-state index in [9.17, 15) is 4.79 Å². The van der Waals surface area contributed by atoms with Crippen LogP contribution in [0, 0.1) is 13.8 Å². The molecule has 2 rings (SSSR count). The van der Waals surface area contributed by atoms with Gasteiger partial charge in [0, 0.05) is 30.5 Å². The summed E-state index contributed by atoms with van der Waals surface area (Å²) in [4.78, 5) is 16.1. The van der Waals surface area contributed by atoms with Gasteiger partial charge in [0.15, 0.2) is 0 Å². The topological polar surface area (TPSA) is 59.8 Å². The summed E-state index contributed by atoms with van der Waals surface area (Å²) in [6, 6.07) is 2.04. The number of hydrogen-bond donors (Lipinski definition) is 1. The molecule has 2 aromatic heterocycles. The molecule has 1 N–H and O–H groups in total. The van der Waals surface area contributed by atoms with Crippen LogP contribution in [0.1, 0.15) is 43.3 Å². The highest BCUT2D eigenvalue weighted by Crippen LogP contribution is 2.17. The number of aryl methyl sites for hydroxylation is 2. The van der Waals surface area contributed by atoms with E-state index in [-0.39, 0.29) is 5.91 Å². The lowest BCUT2D eigenvalue weighted by molar-refractivity contribution is -0.121. The van der Waals surface area contributed by atoms with E-state index >= 15 is 0 Å². The molecular formula is C15H22N4OS. The van der Waals surface area contributed by atoms with Crippen molar-refractivity contribution in [3.05, 3.63) is 28.5 Å². The fourth-order valence-electron chi connectivity index (χ4n) is 2.09. The van der Waals surface area contributed by atoms with Crippen molar-refractivity contribution in [2.75, 3.05) is 6.54 Å². The van der Waals surface area contributed by atoms with Gasteiger partial charge in [-0.1, -0.05) is 13.3 Å². The van der Waals surface area contributed by atoms with E-state index in [1.54, 1.807) is 11.3 Å². The predicted molar refractivity (Wildman–Crippen MR) is 84.9 cm³/mol. The Morgan fingerprint density at radius 2 is 2.24 bits per heavy atom. The number of amides is 1. The summed E-state index contributed by atoms with van der Waals surface area (Å²) < 4.78 is 1.86. The molecule has 2 heterocycles. The quantitative estimate of drug-likeness (QED) is 0.855. The molecule has 0 unspecified atom stereocenters. The molecule has 0 saturated carbocycles. The molecule has 2 aromatic rings. The van der Waals surface area contributed by atoms with Crippen LogP contribution in [-0.4, -0.2) is 27.2 Å². The Kier molecular flexibility index (Phi) is 5.50. The Bertz CT molecular complexity index is 603. The zero-order chi connectivity index (χ0) is 15.2. The summed E-state index contributed by atoms with van der Waals surface area (Å²) in [5.74, 6) is 0.130. The highest BCUT2D eigenvalue weighted by Gasteiger charge is 2.08. The van der Waals surface area contributed by atoms with Crippen molar-refractivity contribution in [1.29, 1.82) is 0 Å². The number of rotatable bonds is 7. The molecule has 0 saturated heterocycles. The normalized spacial score (nSPS) is 10.8. The maximum Gasteiger partial charge on any atom is 0.220 e. The predicted octanol–water partition coefficient (Wildman–Crippen LogP) is 2.79. The number of hydrogen-bond acceptors (Lipinski definition) is 4. The Balaban J connectivity index is 1.86. The molecule has 0 radical (unpaired) electrons. The molecule has 0 aliphatic carbocycles. The average Bonchev–Trinajstić information content (AvgIpc) is 3.03. The van der Waals surface area contributed by atoms with E-state index in [2.05, 4.69) is 22.3 Å². The van der Waals surface area contributed by atoms with Crippen molar-refractivity contribution < 1.29 is 4.79 Å². The first-order chi connectivity index (χ1) is 10.1. The van der Waals surface area contributed by atoms with E-state index < -0.39 is 0 Å². The Morgan fingerprint density at radius 3 is 2.90 bits per heavy atom. The van der Waals surface area contributed by atoms with E-state index in [0.29, 0.717) is 13.0 Å². The van der Waals surface area contributed by atoms with E-state index in [4.69, 9.17) is 0 Å². The van der Waals surface area contributed by atoms with E-state index in [1.807, 2.05) is 30.0 Å². The van der Waals surface area contributed by atoms with Crippen LogP contribution >= 0.6 is 11.3 Å². The van der Waals surface area contributed by atoms with Gasteiger partial charge < -0.3 is 5.32 Å². The molecule has 0 aromatic carbocycles. The Hall–Kier alpha value is -1.69. The molecule has 0 atom stereocenters. The largest absolute Gasteiger partial charge is 0.356 e. The number of carbonyl (C=O) groups excluding carboxylic acids is 1. The van der Waals surface area contributed by atoms with E-state index in [0.717, 1.165) is 41.5 Å². The van der Waals surface area contributed by atoms with Crippen molar-refractivity contribution in [3.63, 3.8) is 0 Å². The zero-order valence-corrected chi connectivity index (χ0v) is 13.7. The summed E-state index contributed by atoms with van der Waals surface area (Å²) in [7, 11) is 0. The van der Waals surface area contributed by atoms with Crippen LogP contribution in [0.2, 0.25) is 0 Å². The van der Waals surface area contributed by atoms with Crippen LogP contribution in [0.25, 0.3) is 5.13 Å². The second-order valence-corrected chi connectivity index (χ2v) is 6.00. The maximum atomic E-state index is 11.5. The third-order valence-electron chi connectivity index (χ3n) is 3.19. The highest BCUT2D eigenvalue weighted by atomic mass is 32.1. The van der Waals surface area contributed by atoms with Gasteiger partial charge in [0.1, 0.15) is 0 Å². The van der Waals surface area contributed by atoms with Crippen LogP contribution in [0.15, 0.2) is 11.4 Å². The van der Waals surface area contributed by atoms with Crippen LogP contribution in [0.5, 0.6) is 0 Å². The van der Waals surface area contributed by atoms with Crippen molar-refractivity contribution in [1.82, 2.24) is 20.1 Å². The summed E-state index contributed by atoms with van der Waals surface area (Å²) in [6.45, 7) is 6.73. The summed E-state index contributed by atoms with van der Waals surface area (Å²) in [6.07, 6.45) is 3.37. The first-order valence-corrected chi connectivity index (χ1v) is 8.23. The van der Waals surface area contributed by atoms with Crippen LogP contribution in [0.4, 0.5) is 0 Å². The van der Waals surface area contributed by atoms with Gasteiger partial charge in [0.05, 0.1) is 11.4 Å². The lowest BCUT2D eigenvalue weighted by Crippen LogP contribution is -2.25. The number of unbranched alkanes of at least 4 members (excludes halogenated alkanes) is 1. The minimum Gasteiger partial charge on any atom is -0.356 e. The fourth-order valence-corrected chi connectivity index (χ4v) is 2.95. The molecular weight excluding hydrogens is 284 g/mol. The summed E-state index contributed by atoms with van der Waals surface area (Å²) in [5, 5.41) is 10.3. The average molecular weight is 306 g/mol. The van der Waals surface area contributed by atoms with Crippen molar-refractivity contribution >= 4 is 17.2 Å². The number of carbonyl (C=O) groups is 1. The number of thiazole rings is 1. The van der Waals surface area contributed by atoms with Crippen LogP contribution in [-0.2, 0) is 11.2 Å². The lowest BCUT2D eigenvalue weighted by atomic mass is 10.2. The second-order valence-electron chi connectivity index (χ2n) is 5.16. The highest BCUT2D eigenvalue weighted by molar-refractivity contribution is 7.12. The molecule has 0 bridgehead atoms. The minimum absolute atomic E-state index is 0.130. The molecule has 0 aliphatic heterocycles. The Morgan fingerprint density at radius 1 is 1.43 bits per heavy atom. The molecule has 114 valence electrons. The maximum absolute atomic E-state index is 11.5. The summed E-state index contributed by atoms with van der Waals surface area (Å²) in [5.41, 5.74) is 3.08. The van der Waals surface area contributed by atoms with Crippen molar-refractivity contribution in [2.45, 2.75) is 46.5 Å². The Labute approximate surface area is 129 Å². The van der Waals surface area contributed by atoms with Gasteiger partial charge >= 0.3 is 0 Å². The van der Waals surface area contributed by atoms with Gasteiger partial charge in [-0.2, -0.15) is 5.10 Å². The van der Waals surface area contributed by atoms with E-state index in [1.165, 1.54) is 0 Å². The molecule has 6 heteroatoms. The number of nitrogens with zero attached hydrogens (tertiary/aromatic N) is 3. The summed E-state index contributed by atoms with van der Waals surface area (Å²) >= 11 is 1.58. The molecule has 0 fully saturated rings. The molecule has 0 aliphatic rings. The molecule has 21 heavy (non-hydrogen) atoms. The van der Waals surface area contributed by atoms with Crippen LogP contribution in [0.3, 0.4) is 0 Å². The van der Waals surface area contributed by atoms with Gasteiger partial charge in [0.2, 0.25) is 11.0 Å². The second kappa shape index (κ2) is 7.36. The minimum atomic E-state index is 0.130. The zero-order valence-electron chi connectivity index (χ0n) is 12.8. The first kappa shape index (κ1) is 15.7. The number of nitrogens with one attached hydrogen (secondary N) is 1. The number of aromatic nitrogens is 3.